The van der Waals surface area contributed by atoms with Crippen molar-refractivity contribution in [2.24, 2.45) is 28.8 Å². The molecule has 1 saturated heterocycles. The van der Waals surface area contributed by atoms with Crippen LogP contribution in [-0.4, -0.2) is 34.7 Å². The Morgan fingerprint density at radius 1 is 1.03 bits per heavy atom. The number of ether oxygens (including phenoxy) is 1. The van der Waals surface area contributed by atoms with Crippen molar-refractivity contribution in [3.63, 3.8) is 0 Å². The molecule has 1 aliphatic heterocycles. The van der Waals surface area contributed by atoms with Crippen LogP contribution < -0.4 is 4.74 Å². The molecule has 6 nitrogen and oxygen atoms in total. The summed E-state index contributed by atoms with van der Waals surface area (Å²) in [5.41, 5.74) is 3.95. The van der Waals surface area contributed by atoms with Crippen LogP contribution in [0.25, 0.3) is 5.69 Å². The van der Waals surface area contributed by atoms with Crippen LogP contribution in [0.1, 0.15) is 23.4 Å². The number of allylic oxidation sites excluding steroid dienone is 2. The summed E-state index contributed by atoms with van der Waals surface area (Å²) in [5.74, 6) is 0.443. The lowest BCUT2D eigenvalue weighted by Gasteiger charge is -2.13. The summed E-state index contributed by atoms with van der Waals surface area (Å²) in [6, 6.07) is 9.85. The molecule has 2 amide bonds. The van der Waals surface area contributed by atoms with Crippen molar-refractivity contribution in [3.8, 4) is 11.4 Å². The lowest BCUT2D eigenvalue weighted by molar-refractivity contribution is -0.140. The standard InChI is InChI=1S/C23H23N3O3/c1-13-10-17(14(2)25(13)18-6-8-19(29-3)9-7-18)12-24-26-22(27)20-15-4-5-16(11-15)21(20)23(26)28/h4-10,12,15-16,20-21H,11H2,1-3H3/t15-,16-,20-,21+/m0/s1. The number of fused-ring (bicyclic) bond motifs is 5. The lowest BCUT2D eigenvalue weighted by atomic mass is 9.85. The van der Waals surface area contributed by atoms with Gasteiger partial charge in [-0.3, -0.25) is 9.59 Å². The third kappa shape index (κ3) is 2.58. The maximum Gasteiger partial charge on any atom is 0.254 e. The molecule has 1 aromatic heterocycles. The van der Waals surface area contributed by atoms with E-state index in [1.165, 1.54) is 0 Å². The van der Waals surface area contributed by atoms with E-state index in [-0.39, 0.29) is 35.5 Å². The summed E-state index contributed by atoms with van der Waals surface area (Å²) < 4.78 is 7.35. The molecule has 2 heterocycles. The number of nitrogens with zero attached hydrogens (tertiary/aromatic N) is 3. The lowest BCUT2D eigenvalue weighted by Crippen LogP contribution is -2.28. The summed E-state index contributed by atoms with van der Waals surface area (Å²) in [5, 5.41) is 5.42. The summed E-state index contributed by atoms with van der Waals surface area (Å²) in [6.45, 7) is 4.03. The number of benzene rings is 1. The van der Waals surface area contributed by atoms with Gasteiger partial charge in [-0.1, -0.05) is 12.2 Å². The molecule has 0 N–H and O–H groups in total. The molecule has 1 saturated carbocycles. The maximum absolute atomic E-state index is 12.8. The molecule has 2 aliphatic carbocycles. The maximum atomic E-state index is 12.8. The van der Waals surface area contributed by atoms with Gasteiger partial charge in [0.25, 0.3) is 11.8 Å². The number of carbonyl (C=O) groups excluding carboxylic acids is 2. The predicted molar refractivity (Wildman–Crippen MR) is 109 cm³/mol. The molecule has 0 spiro atoms. The van der Waals surface area contributed by atoms with Crippen LogP contribution in [-0.2, 0) is 9.59 Å². The largest absolute Gasteiger partial charge is 0.497 e. The predicted octanol–water partition coefficient (Wildman–Crippen LogP) is 3.24. The van der Waals surface area contributed by atoms with Gasteiger partial charge in [-0.2, -0.15) is 10.1 Å². The Hall–Kier alpha value is -3.15. The third-order valence-electron chi connectivity index (χ3n) is 6.56. The molecule has 0 unspecified atom stereocenters. The van der Waals surface area contributed by atoms with Gasteiger partial charge in [0.1, 0.15) is 5.75 Å². The van der Waals surface area contributed by atoms with Gasteiger partial charge < -0.3 is 9.30 Å². The van der Waals surface area contributed by atoms with Crippen LogP contribution in [0.5, 0.6) is 5.75 Å². The number of methoxy groups -OCH3 is 1. The number of amides is 2. The van der Waals surface area contributed by atoms with E-state index in [4.69, 9.17) is 4.74 Å². The summed E-state index contributed by atoms with van der Waals surface area (Å²) in [6.07, 6.45) is 6.74. The average molecular weight is 389 g/mol. The minimum atomic E-state index is -0.221. The van der Waals surface area contributed by atoms with Gasteiger partial charge in [-0.15, -0.1) is 0 Å². The minimum absolute atomic E-state index is 0.155. The number of aryl methyl sites for hydroxylation is 1. The number of carbonyl (C=O) groups is 2. The smallest absolute Gasteiger partial charge is 0.254 e. The van der Waals surface area contributed by atoms with Crippen LogP contribution in [0.3, 0.4) is 0 Å². The number of rotatable bonds is 4. The SMILES string of the molecule is COc1ccc(-n2c(C)cc(C=NN3C(=O)[C@@H]4[C@H](C3=O)[C@H]3C=C[C@H]4C3)c2C)cc1. The third-order valence-corrected chi connectivity index (χ3v) is 6.56. The fourth-order valence-electron chi connectivity index (χ4n) is 5.17. The number of imide groups is 1. The van der Waals surface area contributed by atoms with Crippen LogP contribution >= 0.6 is 0 Å². The van der Waals surface area contributed by atoms with E-state index in [9.17, 15) is 9.59 Å². The second-order valence-electron chi connectivity index (χ2n) is 8.09. The molecule has 6 heteroatoms. The molecule has 2 bridgehead atoms. The fraction of sp³-hybridized carbons (Fsp3) is 0.348. The van der Waals surface area contributed by atoms with Crippen molar-refractivity contribution in [2.45, 2.75) is 20.3 Å². The van der Waals surface area contributed by atoms with Gasteiger partial charge in [0.05, 0.1) is 25.2 Å². The summed E-state index contributed by atoms with van der Waals surface area (Å²) in [4.78, 5) is 25.6. The highest BCUT2D eigenvalue weighted by molar-refractivity contribution is 6.06. The molecular formula is C23H23N3O3. The Bertz CT molecular complexity index is 1030. The van der Waals surface area contributed by atoms with E-state index < -0.39 is 0 Å². The zero-order valence-electron chi connectivity index (χ0n) is 16.7. The normalized spacial score (nSPS) is 27.5. The van der Waals surface area contributed by atoms with Gasteiger partial charge >= 0.3 is 0 Å². The average Bonchev–Trinajstić information content (AvgIpc) is 3.45. The van der Waals surface area contributed by atoms with Crippen LogP contribution in [0.2, 0.25) is 0 Å². The zero-order valence-corrected chi connectivity index (χ0v) is 16.7. The molecule has 0 radical (unpaired) electrons. The molecule has 5 rings (SSSR count). The van der Waals surface area contributed by atoms with Crippen molar-refractivity contribution in [1.29, 1.82) is 0 Å². The monoisotopic (exact) mass is 389 g/mol. The Labute approximate surface area is 169 Å². The molecule has 2 fully saturated rings. The second-order valence-corrected chi connectivity index (χ2v) is 8.09. The van der Waals surface area contributed by atoms with Crippen molar-refractivity contribution < 1.29 is 14.3 Å². The van der Waals surface area contributed by atoms with E-state index in [0.717, 1.165) is 39.8 Å². The first kappa shape index (κ1) is 17.9. The van der Waals surface area contributed by atoms with Crippen LogP contribution in [0.4, 0.5) is 0 Å². The van der Waals surface area contributed by atoms with Crippen molar-refractivity contribution >= 4 is 18.0 Å². The zero-order chi connectivity index (χ0) is 20.3. The molecule has 2 aromatic rings. The number of aromatic nitrogens is 1. The van der Waals surface area contributed by atoms with E-state index in [2.05, 4.69) is 21.8 Å². The molecule has 29 heavy (non-hydrogen) atoms. The fourth-order valence-corrected chi connectivity index (χ4v) is 5.17. The molecule has 148 valence electrons. The van der Waals surface area contributed by atoms with Crippen LogP contribution in [0, 0.1) is 37.5 Å². The van der Waals surface area contributed by atoms with Gasteiger partial charge in [0, 0.05) is 22.6 Å². The van der Waals surface area contributed by atoms with E-state index in [1.54, 1.807) is 13.3 Å². The van der Waals surface area contributed by atoms with Crippen LogP contribution in [0.15, 0.2) is 47.6 Å². The molecule has 4 atom stereocenters. The van der Waals surface area contributed by atoms with Crippen molar-refractivity contribution in [3.05, 3.63) is 59.4 Å². The molecular weight excluding hydrogens is 366 g/mol. The van der Waals surface area contributed by atoms with Crippen molar-refractivity contribution in [1.82, 2.24) is 9.58 Å². The first-order chi connectivity index (χ1) is 14.0. The Kier molecular flexibility index (Phi) is 3.98. The first-order valence-corrected chi connectivity index (χ1v) is 9.93. The van der Waals surface area contributed by atoms with E-state index in [1.807, 2.05) is 44.2 Å². The van der Waals surface area contributed by atoms with Gasteiger partial charge in [-0.05, 0) is 62.4 Å². The van der Waals surface area contributed by atoms with Gasteiger partial charge in [0.2, 0.25) is 0 Å². The first-order valence-electron chi connectivity index (χ1n) is 9.93. The topological polar surface area (TPSA) is 63.9 Å². The van der Waals surface area contributed by atoms with Gasteiger partial charge in [-0.25, -0.2) is 0 Å². The van der Waals surface area contributed by atoms with Gasteiger partial charge in [0.15, 0.2) is 0 Å². The Balaban J connectivity index is 1.42. The highest BCUT2D eigenvalue weighted by atomic mass is 16.5. The highest BCUT2D eigenvalue weighted by Gasteiger charge is 2.59. The highest BCUT2D eigenvalue weighted by Crippen LogP contribution is 2.52. The minimum Gasteiger partial charge on any atom is -0.497 e. The van der Waals surface area contributed by atoms with E-state index >= 15 is 0 Å². The number of hydrazone groups is 1. The van der Waals surface area contributed by atoms with E-state index in [0.29, 0.717) is 0 Å². The molecule has 3 aliphatic rings. The summed E-state index contributed by atoms with van der Waals surface area (Å²) >= 11 is 0. The van der Waals surface area contributed by atoms with Crippen molar-refractivity contribution in [2.75, 3.05) is 7.11 Å². The number of hydrogen-bond donors (Lipinski definition) is 0. The summed E-state index contributed by atoms with van der Waals surface area (Å²) in [7, 11) is 1.65. The second kappa shape index (κ2) is 6.44. The number of hydrogen-bond acceptors (Lipinski definition) is 4. The Morgan fingerprint density at radius 2 is 1.66 bits per heavy atom. The quantitative estimate of drug-likeness (QED) is 0.458. The molecule has 1 aromatic carbocycles. The Morgan fingerprint density at radius 3 is 2.24 bits per heavy atom.